The van der Waals surface area contributed by atoms with Gasteiger partial charge in [0.25, 0.3) is 0 Å². The number of nitrogens with zero attached hydrogens (tertiary/aromatic N) is 2. The Balaban J connectivity index is 3.05. The SMILES string of the molecule is CN(C)c1ccc(/C=N\O)c(O)c1. The van der Waals surface area contributed by atoms with E-state index in [2.05, 4.69) is 5.16 Å². The number of oxime groups is 1. The van der Waals surface area contributed by atoms with Crippen LogP contribution in [-0.2, 0) is 0 Å². The molecule has 13 heavy (non-hydrogen) atoms. The first-order chi connectivity index (χ1) is 6.15. The highest BCUT2D eigenvalue weighted by atomic mass is 16.4. The van der Waals surface area contributed by atoms with Crippen LogP contribution in [0.5, 0.6) is 5.75 Å². The molecule has 0 saturated carbocycles. The predicted molar refractivity (Wildman–Crippen MR) is 51.8 cm³/mol. The molecule has 1 rings (SSSR count). The Morgan fingerprint density at radius 1 is 1.38 bits per heavy atom. The molecule has 0 radical (unpaired) electrons. The van der Waals surface area contributed by atoms with Crippen LogP contribution in [0.15, 0.2) is 23.4 Å². The zero-order valence-corrected chi connectivity index (χ0v) is 7.60. The van der Waals surface area contributed by atoms with Gasteiger partial charge in [0.15, 0.2) is 0 Å². The summed E-state index contributed by atoms with van der Waals surface area (Å²) in [6.07, 6.45) is 1.19. The number of hydrogen-bond donors (Lipinski definition) is 2. The molecule has 2 N–H and O–H groups in total. The Bertz CT molecular complexity index is 321. The van der Waals surface area contributed by atoms with Crippen LogP contribution in [0.4, 0.5) is 5.69 Å². The van der Waals surface area contributed by atoms with Gasteiger partial charge in [0.1, 0.15) is 5.75 Å². The maximum atomic E-state index is 9.44. The third-order valence-corrected chi connectivity index (χ3v) is 1.73. The van der Waals surface area contributed by atoms with Crippen molar-refractivity contribution in [1.82, 2.24) is 0 Å². The number of aromatic hydroxyl groups is 1. The van der Waals surface area contributed by atoms with Crippen LogP contribution in [0.3, 0.4) is 0 Å². The first kappa shape index (κ1) is 9.38. The number of phenolic OH excluding ortho intramolecular Hbond substituents is 1. The van der Waals surface area contributed by atoms with E-state index in [1.54, 1.807) is 12.1 Å². The Kier molecular flexibility index (Phi) is 2.74. The topological polar surface area (TPSA) is 56.1 Å². The minimum atomic E-state index is 0.101. The molecule has 1 aromatic carbocycles. The fourth-order valence-corrected chi connectivity index (χ4v) is 0.982. The molecule has 0 aliphatic heterocycles. The lowest BCUT2D eigenvalue weighted by Crippen LogP contribution is -2.08. The van der Waals surface area contributed by atoms with Gasteiger partial charge in [-0.15, -0.1) is 0 Å². The van der Waals surface area contributed by atoms with Crippen LogP contribution < -0.4 is 4.90 Å². The Morgan fingerprint density at radius 3 is 2.54 bits per heavy atom. The minimum Gasteiger partial charge on any atom is -0.507 e. The number of hydrogen-bond acceptors (Lipinski definition) is 4. The molecule has 0 spiro atoms. The summed E-state index contributed by atoms with van der Waals surface area (Å²) in [6, 6.07) is 5.12. The summed E-state index contributed by atoms with van der Waals surface area (Å²) < 4.78 is 0. The Hall–Kier alpha value is -1.71. The van der Waals surface area contributed by atoms with E-state index in [9.17, 15) is 5.11 Å². The second kappa shape index (κ2) is 3.80. The van der Waals surface area contributed by atoms with Crippen molar-refractivity contribution in [3.05, 3.63) is 23.8 Å². The molecule has 0 saturated heterocycles. The smallest absolute Gasteiger partial charge is 0.126 e. The van der Waals surface area contributed by atoms with E-state index in [-0.39, 0.29) is 5.75 Å². The van der Waals surface area contributed by atoms with Crippen molar-refractivity contribution < 1.29 is 10.3 Å². The lowest BCUT2D eigenvalue weighted by atomic mass is 10.2. The van der Waals surface area contributed by atoms with Crippen molar-refractivity contribution in [3.8, 4) is 5.75 Å². The Labute approximate surface area is 76.7 Å². The van der Waals surface area contributed by atoms with E-state index in [0.717, 1.165) is 5.69 Å². The van der Waals surface area contributed by atoms with E-state index in [1.165, 1.54) is 6.21 Å². The molecule has 4 heteroatoms. The van der Waals surface area contributed by atoms with Gasteiger partial charge in [-0.05, 0) is 12.1 Å². The summed E-state index contributed by atoms with van der Waals surface area (Å²) in [5, 5.41) is 20.6. The lowest BCUT2D eigenvalue weighted by Gasteiger charge is -2.12. The van der Waals surface area contributed by atoms with Gasteiger partial charge in [-0.25, -0.2) is 0 Å². The van der Waals surface area contributed by atoms with Crippen LogP contribution in [0.25, 0.3) is 0 Å². The standard InChI is InChI=1S/C9H12N2O2/c1-11(2)8-4-3-7(6-10-13)9(12)5-8/h3-6,12-13H,1-2H3/b10-6-. The zero-order chi connectivity index (χ0) is 9.84. The summed E-state index contributed by atoms with van der Waals surface area (Å²) in [7, 11) is 3.77. The summed E-state index contributed by atoms with van der Waals surface area (Å²) in [4.78, 5) is 1.87. The number of benzene rings is 1. The third kappa shape index (κ3) is 2.11. The van der Waals surface area contributed by atoms with Gasteiger partial charge < -0.3 is 15.2 Å². The minimum absolute atomic E-state index is 0.101. The largest absolute Gasteiger partial charge is 0.507 e. The monoisotopic (exact) mass is 180 g/mol. The van der Waals surface area contributed by atoms with E-state index in [1.807, 2.05) is 25.1 Å². The average molecular weight is 180 g/mol. The van der Waals surface area contributed by atoms with E-state index in [4.69, 9.17) is 5.21 Å². The molecule has 70 valence electrons. The molecule has 0 amide bonds. The summed E-state index contributed by atoms with van der Waals surface area (Å²) in [6.45, 7) is 0. The lowest BCUT2D eigenvalue weighted by molar-refractivity contribution is 0.321. The van der Waals surface area contributed by atoms with E-state index in [0.29, 0.717) is 5.56 Å². The van der Waals surface area contributed by atoms with Crippen molar-refractivity contribution in [1.29, 1.82) is 0 Å². The molecule has 0 aliphatic carbocycles. The fourth-order valence-electron chi connectivity index (χ4n) is 0.982. The Morgan fingerprint density at radius 2 is 2.08 bits per heavy atom. The molecule has 0 heterocycles. The number of anilines is 1. The summed E-state index contributed by atoms with van der Waals surface area (Å²) >= 11 is 0. The second-order valence-electron chi connectivity index (χ2n) is 2.88. The third-order valence-electron chi connectivity index (χ3n) is 1.73. The van der Waals surface area contributed by atoms with Gasteiger partial charge in [-0.2, -0.15) is 0 Å². The van der Waals surface area contributed by atoms with Crippen LogP contribution >= 0.6 is 0 Å². The van der Waals surface area contributed by atoms with Crippen LogP contribution in [0, 0.1) is 0 Å². The van der Waals surface area contributed by atoms with Gasteiger partial charge in [0.2, 0.25) is 0 Å². The maximum absolute atomic E-state index is 9.44. The molecule has 0 aliphatic rings. The van der Waals surface area contributed by atoms with Gasteiger partial charge in [0, 0.05) is 31.4 Å². The van der Waals surface area contributed by atoms with Gasteiger partial charge in [0.05, 0.1) is 6.21 Å². The molecule has 0 unspecified atom stereocenters. The first-order valence-corrected chi connectivity index (χ1v) is 3.83. The highest BCUT2D eigenvalue weighted by Gasteiger charge is 2.01. The molecular formula is C9H12N2O2. The molecule has 0 fully saturated rings. The zero-order valence-electron chi connectivity index (χ0n) is 7.60. The molecule has 0 atom stereocenters. The highest BCUT2D eigenvalue weighted by Crippen LogP contribution is 2.21. The fraction of sp³-hybridized carbons (Fsp3) is 0.222. The quantitative estimate of drug-likeness (QED) is 0.409. The number of rotatable bonds is 2. The van der Waals surface area contributed by atoms with E-state index >= 15 is 0 Å². The van der Waals surface area contributed by atoms with Gasteiger partial charge in [-0.1, -0.05) is 5.16 Å². The van der Waals surface area contributed by atoms with Crippen LogP contribution in [0.1, 0.15) is 5.56 Å². The predicted octanol–water partition coefficient (Wildman–Crippen LogP) is 1.27. The van der Waals surface area contributed by atoms with Crippen molar-refractivity contribution in [2.24, 2.45) is 5.16 Å². The van der Waals surface area contributed by atoms with E-state index < -0.39 is 0 Å². The molecule has 4 nitrogen and oxygen atoms in total. The van der Waals surface area contributed by atoms with Crippen LogP contribution in [-0.4, -0.2) is 30.6 Å². The molecular weight excluding hydrogens is 168 g/mol. The van der Waals surface area contributed by atoms with Gasteiger partial charge >= 0.3 is 0 Å². The highest BCUT2D eigenvalue weighted by molar-refractivity contribution is 5.83. The maximum Gasteiger partial charge on any atom is 0.126 e. The number of phenols is 1. The first-order valence-electron chi connectivity index (χ1n) is 3.83. The summed E-state index contributed by atoms with van der Waals surface area (Å²) in [5.41, 5.74) is 1.39. The second-order valence-corrected chi connectivity index (χ2v) is 2.88. The van der Waals surface area contributed by atoms with Crippen molar-refractivity contribution in [2.75, 3.05) is 19.0 Å². The molecule has 1 aromatic rings. The van der Waals surface area contributed by atoms with Gasteiger partial charge in [-0.3, -0.25) is 0 Å². The molecule has 0 aromatic heterocycles. The normalized spacial score (nSPS) is 10.6. The van der Waals surface area contributed by atoms with Crippen molar-refractivity contribution >= 4 is 11.9 Å². The average Bonchev–Trinajstić information content (AvgIpc) is 2.08. The van der Waals surface area contributed by atoms with Crippen LogP contribution in [0.2, 0.25) is 0 Å². The summed E-state index contributed by atoms with van der Waals surface area (Å²) in [5.74, 6) is 0.101. The van der Waals surface area contributed by atoms with Crippen molar-refractivity contribution in [3.63, 3.8) is 0 Å². The van der Waals surface area contributed by atoms with Crippen molar-refractivity contribution in [2.45, 2.75) is 0 Å². The molecule has 0 bridgehead atoms.